The second-order valence-corrected chi connectivity index (χ2v) is 4.49. The Hall–Kier alpha value is -0.260. The molecule has 0 amide bonds. The molecular formula is C9H15ClN2. The summed E-state index contributed by atoms with van der Waals surface area (Å²) in [6, 6.07) is 2.05. The summed E-state index contributed by atoms with van der Waals surface area (Å²) in [6.07, 6.45) is 2.43. The van der Waals surface area contributed by atoms with Crippen LogP contribution < -0.4 is 0 Å². The molecule has 0 spiro atoms. The van der Waals surface area contributed by atoms with Crippen LogP contribution in [0.15, 0.2) is 0 Å². The Labute approximate surface area is 79.1 Å². The smallest absolute Gasteiger partial charge is 0.133 e. The van der Waals surface area contributed by atoms with Crippen LogP contribution in [0.2, 0.25) is 0 Å². The molecule has 0 bridgehead atoms. The van der Waals surface area contributed by atoms with E-state index in [1.807, 2.05) is 0 Å². The molecule has 0 aromatic carbocycles. The van der Waals surface area contributed by atoms with Gasteiger partial charge in [0, 0.05) is 12.1 Å². The van der Waals surface area contributed by atoms with Crippen molar-refractivity contribution < 1.29 is 0 Å². The van der Waals surface area contributed by atoms with Crippen LogP contribution in [0, 0.1) is 11.3 Å². The van der Waals surface area contributed by atoms with Crippen molar-refractivity contribution in [2.24, 2.45) is 0 Å². The Kier molecular flexibility index (Phi) is 2.98. The summed E-state index contributed by atoms with van der Waals surface area (Å²) in [7, 11) is 0. The molecule has 1 saturated heterocycles. The molecule has 0 aromatic rings. The highest BCUT2D eigenvalue weighted by atomic mass is 35.5. The van der Waals surface area contributed by atoms with Crippen LogP contribution in [0.4, 0.5) is 0 Å². The maximum Gasteiger partial charge on any atom is 0.133 e. The molecule has 12 heavy (non-hydrogen) atoms. The number of halogens is 1. The molecule has 0 aliphatic carbocycles. The molecule has 1 atom stereocenters. The van der Waals surface area contributed by atoms with Crippen molar-refractivity contribution in [2.45, 2.75) is 37.6 Å². The number of nitrogens with zero attached hydrogens (tertiary/aromatic N) is 2. The van der Waals surface area contributed by atoms with Crippen LogP contribution >= 0.6 is 11.6 Å². The number of hydrogen-bond acceptors (Lipinski definition) is 2. The maximum absolute atomic E-state index is 8.56. The van der Waals surface area contributed by atoms with Gasteiger partial charge in [0.2, 0.25) is 0 Å². The van der Waals surface area contributed by atoms with Crippen LogP contribution in [0.5, 0.6) is 0 Å². The van der Waals surface area contributed by atoms with Crippen LogP contribution in [0.25, 0.3) is 0 Å². The molecule has 0 radical (unpaired) electrons. The lowest BCUT2D eigenvalue weighted by atomic mass is 10.0. The maximum atomic E-state index is 8.56. The number of hydrogen-bond donors (Lipinski definition) is 0. The van der Waals surface area contributed by atoms with Crippen molar-refractivity contribution in [2.75, 3.05) is 13.1 Å². The first-order valence-electron chi connectivity index (χ1n) is 4.35. The van der Waals surface area contributed by atoms with Crippen molar-refractivity contribution >= 4 is 11.6 Å². The quantitative estimate of drug-likeness (QED) is 0.617. The van der Waals surface area contributed by atoms with Gasteiger partial charge in [-0.2, -0.15) is 5.26 Å². The Morgan fingerprint density at radius 1 is 1.67 bits per heavy atom. The average Bonchev–Trinajstić information content (AvgIpc) is 2.31. The van der Waals surface area contributed by atoms with Crippen molar-refractivity contribution in [3.8, 4) is 6.07 Å². The summed E-state index contributed by atoms with van der Waals surface area (Å²) < 4.78 is 0. The monoisotopic (exact) mass is 186 g/mol. The summed E-state index contributed by atoms with van der Waals surface area (Å²) in [6.45, 7) is 6.20. The van der Waals surface area contributed by atoms with Gasteiger partial charge < -0.3 is 0 Å². The zero-order valence-corrected chi connectivity index (χ0v) is 8.43. The molecule has 2 nitrogen and oxygen atoms in total. The second-order valence-electron chi connectivity index (χ2n) is 3.96. The highest BCUT2D eigenvalue weighted by Gasteiger charge is 2.32. The van der Waals surface area contributed by atoms with Crippen LogP contribution in [0.3, 0.4) is 0 Å². The van der Waals surface area contributed by atoms with Gasteiger partial charge in [0.1, 0.15) is 5.38 Å². The third-order valence-corrected chi connectivity index (χ3v) is 2.83. The first-order chi connectivity index (χ1) is 5.56. The van der Waals surface area contributed by atoms with Gasteiger partial charge in [-0.3, -0.25) is 4.90 Å². The summed E-state index contributed by atoms with van der Waals surface area (Å²) in [5, 5.41) is 8.20. The first-order valence-corrected chi connectivity index (χ1v) is 4.78. The zero-order valence-electron chi connectivity index (χ0n) is 7.68. The number of rotatable bonds is 2. The van der Waals surface area contributed by atoms with Crippen LogP contribution in [0.1, 0.15) is 26.7 Å². The van der Waals surface area contributed by atoms with E-state index in [-0.39, 0.29) is 10.9 Å². The van der Waals surface area contributed by atoms with Crippen molar-refractivity contribution in [3.05, 3.63) is 0 Å². The van der Waals surface area contributed by atoms with E-state index in [4.69, 9.17) is 16.9 Å². The van der Waals surface area contributed by atoms with Crippen LogP contribution in [-0.2, 0) is 0 Å². The highest BCUT2D eigenvalue weighted by Crippen LogP contribution is 2.28. The molecule has 3 heteroatoms. The second kappa shape index (κ2) is 3.64. The van der Waals surface area contributed by atoms with E-state index in [1.54, 1.807) is 0 Å². The predicted molar refractivity (Wildman–Crippen MR) is 50.1 cm³/mol. The van der Waals surface area contributed by atoms with Gasteiger partial charge in [0.05, 0.1) is 6.07 Å². The van der Waals surface area contributed by atoms with E-state index < -0.39 is 0 Å². The van der Waals surface area contributed by atoms with E-state index in [9.17, 15) is 0 Å². The van der Waals surface area contributed by atoms with Gasteiger partial charge in [-0.1, -0.05) is 0 Å². The fourth-order valence-corrected chi connectivity index (χ4v) is 1.90. The average molecular weight is 187 g/mol. The minimum Gasteiger partial charge on any atom is -0.296 e. The largest absolute Gasteiger partial charge is 0.296 e. The van der Waals surface area contributed by atoms with Crippen molar-refractivity contribution in [3.63, 3.8) is 0 Å². The molecule has 0 saturated carbocycles. The van der Waals surface area contributed by atoms with Crippen molar-refractivity contribution in [1.29, 1.82) is 5.26 Å². The lowest BCUT2D eigenvalue weighted by molar-refractivity contribution is 0.180. The number of nitriles is 1. The third-order valence-electron chi connectivity index (χ3n) is 2.59. The zero-order chi connectivity index (χ0) is 9.19. The predicted octanol–water partition coefficient (Wildman–Crippen LogP) is 1.99. The van der Waals surface area contributed by atoms with E-state index in [0.717, 1.165) is 6.54 Å². The molecule has 1 fully saturated rings. The highest BCUT2D eigenvalue weighted by molar-refractivity contribution is 6.22. The van der Waals surface area contributed by atoms with Gasteiger partial charge in [-0.15, -0.1) is 11.6 Å². The van der Waals surface area contributed by atoms with Gasteiger partial charge in [-0.05, 0) is 33.2 Å². The molecule has 1 aliphatic rings. The number of alkyl halides is 1. The minimum atomic E-state index is -0.359. The minimum absolute atomic E-state index is 0.240. The van der Waals surface area contributed by atoms with Gasteiger partial charge in [0.25, 0.3) is 0 Å². The Morgan fingerprint density at radius 2 is 2.33 bits per heavy atom. The van der Waals surface area contributed by atoms with Gasteiger partial charge >= 0.3 is 0 Å². The normalized spacial score (nSPS) is 25.2. The molecule has 1 unspecified atom stereocenters. The van der Waals surface area contributed by atoms with E-state index in [1.165, 1.54) is 12.8 Å². The molecule has 1 heterocycles. The van der Waals surface area contributed by atoms with E-state index in [0.29, 0.717) is 6.54 Å². The summed E-state index contributed by atoms with van der Waals surface area (Å²) >= 11 is 5.77. The Morgan fingerprint density at radius 3 is 2.75 bits per heavy atom. The summed E-state index contributed by atoms with van der Waals surface area (Å²) in [5.74, 6) is 0. The summed E-state index contributed by atoms with van der Waals surface area (Å²) in [4.78, 5) is 2.30. The van der Waals surface area contributed by atoms with Crippen molar-refractivity contribution in [1.82, 2.24) is 4.90 Å². The standard InChI is InChI=1S/C9H15ClN2/c1-9(2)4-3-5-12(9)7-8(10)6-11/h8H,3-5,7H2,1-2H3. The molecule has 1 rings (SSSR count). The molecule has 68 valence electrons. The lowest BCUT2D eigenvalue weighted by Gasteiger charge is -2.31. The molecule has 0 aromatic heterocycles. The van der Waals surface area contributed by atoms with E-state index in [2.05, 4.69) is 24.8 Å². The summed E-state index contributed by atoms with van der Waals surface area (Å²) in [5.41, 5.74) is 0.240. The van der Waals surface area contributed by atoms with Gasteiger partial charge in [0.15, 0.2) is 0 Å². The molecular weight excluding hydrogens is 172 g/mol. The Balaban J connectivity index is 2.48. The Bertz CT molecular complexity index is 195. The number of likely N-dealkylation sites (tertiary alicyclic amines) is 1. The molecule has 1 aliphatic heterocycles. The fraction of sp³-hybridized carbons (Fsp3) is 0.889. The SMILES string of the molecule is CC1(C)CCCN1CC(Cl)C#N. The fourth-order valence-electron chi connectivity index (χ4n) is 1.74. The lowest BCUT2D eigenvalue weighted by Crippen LogP contribution is -2.41. The first kappa shape index (κ1) is 9.83. The van der Waals surface area contributed by atoms with Crippen LogP contribution in [-0.4, -0.2) is 28.9 Å². The third kappa shape index (κ3) is 2.12. The van der Waals surface area contributed by atoms with E-state index >= 15 is 0 Å². The molecule has 0 N–H and O–H groups in total. The van der Waals surface area contributed by atoms with Gasteiger partial charge in [-0.25, -0.2) is 0 Å². The topological polar surface area (TPSA) is 27.0 Å².